The molecule has 3 aliphatic rings. The van der Waals surface area contributed by atoms with Crippen molar-refractivity contribution in [3.63, 3.8) is 0 Å². The molecular weight excluding hydrogens is 330 g/mol. The van der Waals surface area contributed by atoms with Crippen molar-refractivity contribution >= 4 is 5.91 Å². The molecule has 0 bridgehead atoms. The van der Waals surface area contributed by atoms with Gasteiger partial charge in [0, 0.05) is 31.7 Å². The highest BCUT2D eigenvalue weighted by Crippen LogP contribution is 2.40. The van der Waals surface area contributed by atoms with Gasteiger partial charge in [-0.1, -0.05) is 0 Å². The van der Waals surface area contributed by atoms with E-state index in [0.717, 1.165) is 64.4 Å². The molecule has 26 heavy (non-hydrogen) atoms. The molecule has 144 valence electrons. The second-order valence-electron chi connectivity index (χ2n) is 7.91. The fourth-order valence-electron chi connectivity index (χ4n) is 4.43. The Labute approximate surface area is 155 Å². The minimum Gasteiger partial charge on any atom is -0.381 e. The lowest BCUT2D eigenvalue weighted by Gasteiger charge is -2.39. The molecule has 0 unspecified atom stereocenters. The molecule has 3 fully saturated rings. The van der Waals surface area contributed by atoms with Gasteiger partial charge in [-0.15, -0.1) is 0 Å². The smallest absolute Gasteiger partial charge is 0.223 e. The summed E-state index contributed by atoms with van der Waals surface area (Å²) in [5, 5.41) is 7.60. The largest absolute Gasteiger partial charge is 0.381 e. The van der Waals surface area contributed by atoms with Crippen molar-refractivity contribution in [3.05, 3.63) is 12.2 Å². The van der Waals surface area contributed by atoms with Crippen LogP contribution in [0, 0.1) is 11.8 Å². The molecule has 0 aromatic carbocycles. The minimum absolute atomic E-state index is 0.0264. The fraction of sp³-hybridized carbons (Fsp3) is 0.842. The van der Waals surface area contributed by atoms with E-state index < -0.39 is 0 Å². The molecule has 2 aliphatic heterocycles. The molecule has 1 aromatic heterocycles. The lowest BCUT2D eigenvalue weighted by molar-refractivity contribution is -0.127. The van der Waals surface area contributed by atoms with Gasteiger partial charge in [0.05, 0.1) is 6.04 Å². The molecule has 4 rings (SSSR count). The summed E-state index contributed by atoms with van der Waals surface area (Å²) in [4.78, 5) is 19.9. The summed E-state index contributed by atoms with van der Waals surface area (Å²) in [5.74, 6) is 1.78. The van der Waals surface area contributed by atoms with Crippen molar-refractivity contribution in [2.45, 2.75) is 64.1 Å². The Balaban J connectivity index is 1.33. The third-order valence-electron chi connectivity index (χ3n) is 6.22. The summed E-state index contributed by atoms with van der Waals surface area (Å²) < 4.78 is 7.39. The average Bonchev–Trinajstić information content (AvgIpc) is 3.43. The fourth-order valence-corrected chi connectivity index (χ4v) is 4.43. The van der Waals surface area contributed by atoms with Crippen LogP contribution in [0.4, 0.5) is 0 Å². The van der Waals surface area contributed by atoms with Crippen molar-refractivity contribution in [2.24, 2.45) is 11.8 Å². The third kappa shape index (κ3) is 3.93. The molecule has 7 heteroatoms. The Morgan fingerprint density at radius 2 is 1.96 bits per heavy atom. The Morgan fingerprint density at radius 3 is 2.62 bits per heavy atom. The summed E-state index contributed by atoms with van der Waals surface area (Å²) >= 11 is 0. The van der Waals surface area contributed by atoms with Gasteiger partial charge >= 0.3 is 0 Å². The SMILES string of the molecule is CCn1ncnc1[C@@H](NC(=O)C1CCN(C2CCOCC2)CC1)C1CC1. The topological polar surface area (TPSA) is 72.3 Å². The van der Waals surface area contributed by atoms with Crippen molar-refractivity contribution in [1.29, 1.82) is 0 Å². The van der Waals surface area contributed by atoms with Crippen LogP contribution < -0.4 is 5.32 Å². The van der Waals surface area contributed by atoms with E-state index >= 15 is 0 Å². The molecule has 1 saturated carbocycles. The molecule has 1 atom stereocenters. The number of nitrogens with one attached hydrogen (secondary N) is 1. The van der Waals surface area contributed by atoms with Gasteiger partial charge < -0.3 is 15.0 Å². The molecule has 0 spiro atoms. The van der Waals surface area contributed by atoms with E-state index in [1.54, 1.807) is 6.33 Å². The predicted molar refractivity (Wildman–Crippen MR) is 97.4 cm³/mol. The number of hydrogen-bond acceptors (Lipinski definition) is 5. The zero-order valence-electron chi connectivity index (χ0n) is 15.8. The van der Waals surface area contributed by atoms with Crippen LogP contribution in [0.5, 0.6) is 0 Å². The van der Waals surface area contributed by atoms with Gasteiger partial charge in [0.25, 0.3) is 0 Å². The third-order valence-corrected chi connectivity index (χ3v) is 6.22. The van der Waals surface area contributed by atoms with Crippen molar-refractivity contribution in [1.82, 2.24) is 25.0 Å². The molecule has 1 aliphatic carbocycles. The number of nitrogens with zero attached hydrogens (tertiary/aromatic N) is 4. The molecule has 0 radical (unpaired) electrons. The van der Waals surface area contributed by atoms with E-state index in [0.29, 0.717) is 12.0 Å². The number of piperidine rings is 1. The highest BCUT2D eigenvalue weighted by molar-refractivity contribution is 5.79. The summed E-state index contributed by atoms with van der Waals surface area (Å²) in [7, 11) is 0. The number of likely N-dealkylation sites (tertiary alicyclic amines) is 1. The van der Waals surface area contributed by atoms with Crippen LogP contribution in [0.1, 0.15) is 57.3 Å². The molecule has 1 aromatic rings. The highest BCUT2D eigenvalue weighted by Gasteiger charge is 2.38. The minimum atomic E-state index is 0.0264. The number of ether oxygens (including phenoxy) is 1. The monoisotopic (exact) mass is 361 g/mol. The van der Waals surface area contributed by atoms with E-state index in [9.17, 15) is 4.79 Å². The van der Waals surface area contributed by atoms with E-state index in [1.165, 1.54) is 12.8 Å². The van der Waals surface area contributed by atoms with Crippen LogP contribution in [0.25, 0.3) is 0 Å². The first kappa shape index (κ1) is 17.9. The average molecular weight is 361 g/mol. The van der Waals surface area contributed by atoms with Gasteiger partial charge in [-0.3, -0.25) is 4.79 Å². The highest BCUT2D eigenvalue weighted by atomic mass is 16.5. The Hall–Kier alpha value is -1.47. The molecule has 7 nitrogen and oxygen atoms in total. The molecular formula is C19H31N5O2. The first-order chi connectivity index (χ1) is 12.8. The summed E-state index contributed by atoms with van der Waals surface area (Å²) in [5.41, 5.74) is 0. The quantitative estimate of drug-likeness (QED) is 0.836. The van der Waals surface area contributed by atoms with Crippen molar-refractivity contribution in [2.75, 3.05) is 26.3 Å². The predicted octanol–water partition coefficient (Wildman–Crippen LogP) is 1.76. The number of amides is 1. The molecule has 1 N–H and O–H groups in total. The van der Waals surface area contributed by atoms with Gasteiger partial charge in [0.2, 0.25) is 5.91 Å². The van der Waals surface area contributed by atoms with Gasteiger partial charge in [-0.2, -0.15) is 5.10 Å². The van der Waals surface area contributed by atoms with Crippen LogP contribution in [-0.2, 0) is 16.1 Å². The first-order valence-electron chi connectivity index (χ1n) is 10.3. The van der Waals surface area contributed by atoms with E-state index in [2.05, 4.69) is 27.2 Å². The normalized spacial score (nSPS) is 24.5. The van der Waals surface area contributed by atoms with Gasteiger partial charge in [-0.05, 0) is 64.5 Å². The van der Waals surface area contributed by atoms with E-state index in [4.69, 9.17) is 4.74 Å². The molecule has 2 saturated heterocycles. The number of carbonyl (C=O) groups excluding carboxylic acids is 1. The van der Waals surface area contributed by atoms with Crippen LogP contribution in [0.15, 0.2) is 6.33 Å². The lowest BCUT2D eigenvalue weighted by atomic mass is 9.93. The van der Waals surface area contributed by atoms with Gasteiger partial charge in [-0.25, -0.2) is 9.67 Å². The first-order valence-corrected chi connectivity index (χ1v) is 10.3. The van der Waals surface area contributed by atoms with Crippen molar-refractivity contribution in [3.8, 4) is 0 Å². The Bertz CT molecular complexity index is 601. The molecule has 3 heterocycles. The second-order valence-corrected chi connectivity index (χ2v) is 7.91. The van der Waals surface area contributed by atoms with Crippen LogP contribution >= 0.6 is 0 Å². The lowest BCUT2D eigenvalue weighted by Crippen LogP contribution is -2.47. The molecule has 1 amide bonds. The van der Waals surface area contributed by atoms with Crippen LogP contribution in [0.2, 0.25) is 0 Å². The summed E-state index contributed by atoms with van der Waals surface area (Å²) in [6.45, 7) is 6.68. The second kappa shape index (κ2) is 8.05. The number of aryl methyl sites for hydroxylation is 1. The summed E-state index contributed by atoms with van der Waals surface area (Å²) in [6.07, 6.45) is 8.13. The Kier molecular flexibility index (Phi) is 5.55. The zero-order chi connectivity index (χ0) is 17.9. The van der Waals surface area contributed by atoms with E-state index in [1.807, 2.05) is 4.68 Å². The Morgan fingerprint density at radius 1 is 1.23 bits per heavy atom. The zero-order valence-corrected chi connectivity index (χ0v) is 15.8. The maximum atomic E-state index is 12.9. The number of rotatable bonds is 6. The van der Waals surface area contributed by atoms with Crippen LogP contribution in [-0.4, -0.2) is 57.9 Å². The number of hydrogen-bond donors (Lipinski definition) is 1. The number of carbonyl (C=O) groups is 1. The maximum Gasteiger partial charge on any atom is 0.223 e. The van der Waals surface area contributed by atoms with Crippen molar-refractivity contribution < 1.29 is 9.53 Å². The number of aromatic nitrogens is 3. The van der Waals surface area contributed by atoms with Gasteiger partial charge in [0.1, 0.15) is 12.2 Å². The van der Waals surface area contributed by atoms with E-state index in [-0.39, 0.29) is 17.9 Å². The van der Waals surface area contributed by atoms with Crippen LogP contribution in [0.3, 0.4) is 0 Å². The van der Waals surface area contributed by atoms with Gasteiger partial charge in [0.15, 0.2) is 0 Å². The maximum absolute atomic E-state index is 12.9. The standard InChI is InChI=1S/C19H31N5O2/c1-2-24-18(20-13-21-24)17(14-3-4-14)22-19(25)15-5-9-23(10-6-15)16-7-11-26-12-8-16/h13-17H,2-12H2,1H3,(H,22,25)/t17-/m0/s1. The summed E-state index contributed by atoms with van der Waals surface area (Å²) in [6, 6.07) is 0.675.